The van der Waals surface area contributed by atoms with E-state index in [0.717, 1.165) is 25.7 Å². The van der Waals surface area contributed by atoms with E-state index in [-0.39, 0.29) is 32.3 Å². The molecule has 0 aromatic carbocycles. The summed E-state index contributed by atoms with van der Waals surface area (Å²) < 4.78 is 3.31. The van der Waals surface area contributed by atoms with Gasteiger partial charge < -0.3 is 39.6 Å². The van der Waals surface area contributed by atoms with Crippen LogP contribution in [0.25, 0.3) is 0 Å². The molecule has 2 atom stereocenters. The molecule has 9 heteroatoms. The van der Waals surface area contributed by atoms with Crippen molar-refractivity contribution in [3.05, 3.63) is 23.3 Å². The predicted octanol–water partition coefficient (Wildman–Crippen LogP) is 0.825. The molecular weight excluding hydrogens is 559 g/mol. The van der Waals surface area contributed by atoms with Gasteiger partial charge in [-0.1, -0.05) is 0 Å². The molecule has 0 aliphatic rings. The van der Waals surface area contributed by atoms with Crippen LogP contribution >= 0.6 is 0 Å². The summed E-state index contributed by atoms with van der Waals surface area (Å²) in [6.45, 7) is 11.7. The maximum atomic E-state index is 9.76. The molecule has 8 nitrogen and oxygen atoms in total. The van der Waals surface area contributed by atoms with Crippen molar-refractivity contribution in [2.45, 2.75) is 102 Å². The number of unbranched alkanes of at least 4 members (excludes halogenated alkanes) is 2. The van der Waals surface area contributed by atoms with Crippen molar-refractivity contribution in [1.29, 1.82) is 0 Å². The Morgan fingerprint density at radius 2 is 0.971 bits per heavy atom. The number of carboxylic acids is 4. The Labute approximate surface area is 221 Å². The second-order valence-electron chi connectivity index (χ2n) is 8.36. The number of carbonyl (C=O) groups excluding carboxylic acids is 4. The number of carbonyl (C=O) groups is 4. The van der Waals surface area contributed by atoms with Crippen molar-refractivity contribution in [2.75, 3.05) is 0 Å². The average Bonchev–Trinajstić information content (AvgIpc) is 2.78. The van der Waals surface area contributed by atoms with Gasteiger partial charge in [0.05, 0.1) is 23.9 Å². The first-order valence-corrected chi connectivity index (χ1v) is 16.3. The zero-order chi connectivity index (χ0) is 27.8. The molecule has 0 aromatic heterocycles. The van der Waals surface area contributed by atoms with Crippen molar-refractivity contribution < 1.29 is 39.6 Å². The molecule has 0 amide bonds. The molecule has 0 rings (SSSR count). The van der Waals surface area contributed by atoms with Gasteiger partial charge >= 0.3 is 121 Å². The molecular formula is C26H42O8Sn. The van der Waals surface area contributed by atoms with Crippen LogP contribution in [0.2, 0.25) is 8.87 Å². The monoisotopic (exact) mass is 602 g/mol. The maximum absolute atomic E-state index is 9.76. The van der Waals surface area contributed by atoms with Crippen LogP contribution in [0.4, 0.5) is 0 Å². The van der Waals surface area contributed by atoms with Gasteiger partial charge in [-0.3, -0.25) is 0 Å². The molecule has 35 heavy (non-hydrogen) atoms. The van der Waals surface area contributed by atoms with Crippen molar-refractivity contribution in [3.63, 3.8) is 0 Å². The van der Waals surface area contributed by atoms with Crippen LogP contribution < -0.4 is 20.4 Å². The van der Waals surface area contributed by atoms with Gasteiger partial charge in [0.15, 0.2) is 0 Å². The topological polar surface area (TPSA) is 161 Å². The summed E-state index contributed by atoms with van der Waals surface area (Å²) in [6.07, 6.45) is 12.5. The van der Waals surface area contributed by atoms with Crippen LogP contribution in [0.15, 0.2) is 23.3 Å². The molecule has 0 N–H and O–H groups in total. The number of rotatable bonds is 16. The minimum absolute atomic E-state index is 0.0388. The Kier molecular flexibility index (Phi) is 27.2. The van der Waals surface area contributed by atoms with E-state index < -0.39 is 23.9 Å². The summed E-state index contributed by atoms with van der Waals surface area (Å²) in [6, 6.07) is 0. The SMILES string of the molecule is C/C(=C/C(=O)[O-])C(=O)[O-].C/C(=C/C(=O)[O-])C(=O)[O-].CCCCC(CC)[CH2][Sn+4][CH2]C(CC)CCCC. The Balaban J connectivity index is -0.000000481. The van der Waals surface area contributed by atoms with Crippen LogP contribution in [-0.4, -0.2) is 45.0 Å². The Bertz CT molecular complexity index is 614. The molecule has 0 aliphatic heterocycles. The molecule has 0 fully saturated rings. The third-order valence-electron chi connectivity index (χ3n) is 5.27. The Hall–Kier alpha value is -1.84. The fourth-order valence-corrected chi connectivity index (χ4v) is 8.47. The molecule has 2 unspecified atom stereocenters. The van der Waals surface area contributed by atoms with E-state index in [9.17, 15) is 39.6 Å². The second-order valence-corrected chi connectivity index (χ2v) is 12.1. The zero-order valence-electron chi connectivity index (χ0n) is 22.1. The van der Waals surface area contributed by atoms with E-state index in [1.807, 2.05) is 0 Å². The van der Waals surface area contributed by atoms with E-state index in [0.29, 0.717) is 12.2 Å². The van der Waals surface area contributed by atoms with Crippen molar-refractivity contribution in [3.8, 4) is 0 Å². The summed E-state index contributed by atoms with van der Waals surface area (Å²) in [5.41, 5.74) is -0.704. The third kappa shape index (κ3) is 28.3. The summed E-state index contributed by atoms with van der Waals surface area (Å²) in [4.78, 5) is 38.8. The normalized spacial score (nSPS) is 12.9. The van der Waals surface area contributed by atoms with Gasteiger partial charge in [-0.2, -0.15) is 0 Å². The molecule has 0 bridgehead atoms. The van der Waals surface area contributed by atoms with Crippen molar-refractivity contribution in [1.82, 2.24) is 0 Å². The average molecular weight is 601 g/mol. The van der Waals surface area contributed by atoms with Crippen LogP contribution in [0, 0.1) is 11.8 Å². The molecule has 0 aliphatic carbocycles. The van der Waals surface area contributed by atoms with Crippen molar-refractivity contribution >= 4 is 45.0 Å². The van der Waals surface area contributed by atoms with Gasteiger partial charge in [0.2, 0.25) is 0 Å². The van der Waals surface area contributed by atoms with E-state index in [4.69, 9.17) is 0 Å². The number of carboxylic acid groups (broad SMARTS) is 4. The van der Waals surface area contributed by atoms with Gasteiger partial charge in [-0.25, -0.2) is 0 Å². The van der Waals surface area contributed by atoms with E-state index in [2.05, 4.69) is 27.7 Å². The fraction of sp³-hybridized carbons (Fsp3) is 0.692. The van der Waals surface area contributed by atoms with E-state index in [1.54, 1.807) is 8.87 Å². The van der Waals surface area contributed by atoms with Gasteiger partial charge in [0, 0.05) is 0 Å². The van der Waals surface area contributed by atoms with Gasteiger partial charge in [-0.05, 0) is 37.1 Å². The van der Waals surface area contributed by atoms with Crippen LogP contribution in [0.5, 0.6) is 0 Å². The van der Waals surface area contributed by atoms with Crippen LogP contribution in [0.3, 0.4) is 0 Å². The summed E-state index contributed by atoms with van der Waals surface area (Å²) in [7, 11) is 0. The summed E-state index contributed by atoms with van der Waals surface area (Å²) >= 11 is -0.0388. The molecule has 0 saturated heterocycles. The summed E-state index contributed by atoms with van der Waals surface area (Å²) in [5, 5.41) is 38.8. The fourth-order valence-electron chi connectivity index (χ4n) is 2.85. The Morgan fingerprint density at radius 3 is 1.14 bits per heavy atom. The Morgan fingerprint density at radius 1 is 0.657 bits per heavy atom. The number of hydrogen-bond acceptors (Lipinski definition) is 8. The number of aliphatic carboxylic acids is 4. The minimum atomic E-state index is -1.53. The second kappa shape index (κ2) is 25.3. The van der Waals surface area contributed by atoms with E-state index >= 15 is 0 Å². The first-order valence-electron chi connectivity index (χ1n) is 12.3. The summed E-state index contributed by atoms with van der Waals surface area (Å²) in [5.74, 6) is -3.89. The number of hydrogen-bond donors (Lipinski definition) is 0. The molecule has 198 valence electrons. The van der Waals surface area contributed by atoms with Crippen LogP contribution in [-0.2, 0) is 19.2 Å². The van der Waals surface area contributed by atoms with Gasteiger partial charge in [-0.15, -0.1) is 0 Å². The molecule has 0 heterocycles. The molecule has 0 aromatic rings. The van der Waals surface area contributed by atoms with Crippen LogP contribution in [0.1, 0.15) is 92.9 Å². The zero-order valence-corrected chi connectivity index (χ0v) is 25.0. The quantitative estimate of drug-likeness (QED) is 0.186. The molecule has 0 saturated carbocycles. The van der Waals surface area contributed by atoms with Gasteiger partial charge in [0.1, 0.15) is 0 Å². The standard InChI is InChI=1S/2C8H17.2C5H6O4.Sn/c2*1-4-6-7-8(3)5-2;2*1-3(5(8)9)2-4(6)7;/h2*8H,3-7H2,1-2H3;2*2H,1H3,(H,6,7)(H,8,9);/q;;;;+4/p-4/b;;2*3-2-;. The molecule has 6 radical (unpaired) electrons. The third-order valence-corrected chi connectivity index (χ3v) is 10.2. The van der Waals surface area contributed by atoms with Gasteiger partial charge in [0.25, 0.3) is 0 Å². The van der Waals surface area contributed by atoms with E-state index in [1.165, 1.54) is 51.4 Å². The first kappa shape index (κ1) is 37.7. The van der Waals surface area contributed by atoms with Crippen molar-refractivity contribution in [2.24, 2.45) is 11.8 Å². The first-order chi connectivity index (χ1) is 16.4. The predicted molar refractivity (Wildman–Crippen MR) is 130 cm³/mol. The molecule has 0 spiro atoms.